The van der Waals surface area contributed by atoms with Gasteiger partial charge < -0.3 is 10.1 Å². The van der Waals surface area contributed by atoms with Crippen LogP contribution in [0.4, 0.5) is 4.39 Å². The molecule has 124 valence electrons. The summed E-state index contributed by atoms with van der Waals surface area (Å²) in [6.45, 7) is 1.94. The first kappa shape index (κ1) is 16.1. The zero-order valence-electron chi connectivity index (χ0n) is 13.0. The molecule has 0 atom stereocenters. The molecule has 7 nitrogen and oxygen atoms in total. The van der Waals surface area contributed by atoms with Crippen LogP contribution < -0.4 is 10.1 Å². The summed E-state index contributed by atoms with van der Waals surface area (Å²) < 4.78 is 19.2. The SMILES string of the molecule is COc1ccc(-c2nc(C)c(C(=O)NCc3ncn[nH]3)s2)c(F)c1. The fourth-order valence-corrected chi connectivity index (χ4v) is 3.09. The van der Waals surface area contributed by atoms with Gasteiger partial charge >= 0.3 is 0 Å². The summed E-state index contributed by atoms with van der Waals surface area (Å²) >= 11 is 1.14. The second-order valence-electron chi connectivity index (χ2n) is 4.89. The van der Waals surface area contributed by atoms with E-state index in [2.05, 4.69) is 25.5 Å². The van der Waals surface area contributed by atoms with Gasteiger partial charge in [0.15, 0.2) is 0 Å². The lowest BCUT2D eigenvalue weighted by Crippen LogP contribution is -2.23. The third-order valence-electron chi connectivity index (χ3n) is 3.29. The van der Waals surface area contributed by atoms with Crippen molar-refractivity contribution in [3.63, 3.8) is 0 Å². The van der Waals surface area contributed by atoms with Crippen LogP contribution in [0, 0.1) is 12.7 Å². The van der Waals surface area contributed by atoms with Crippen LogP contribution in [0.3, 0.4) is 0 Å². The Balaban J connectivity index is 1.80. The van der Waals surface area contributed by atoms with E-state index in [0.717, 1.165) is 11.3 Å². The Kier molecular flexibility index (Phi) is 4.52. The van der Waals surface area contributed by atoms with Crippen molar-refractivity contribution in [3.05, 3.63) is 46.7 Å². The van der Waals surface area contributed by atoms with E-state index in [1.165, 1.54) is 19.5 Å². The number of halogens is 1. The number of hydrogen-bond acceptors (Lipinski definition) is 6. The smallest absolute Gasteiger partial charge is 0.263 e. The number of nitrogens with zero attached hydrogens (tertiary/aromatic N) is 3. The van der Waals surface area contributed by atoms with Gasteiger partial charge in [-0.05, 0) is 19.1 Å². The third-order valence-corrected chi connectivity index (χ3v) is 4.48. The number of ether oxygens (including phenoxy) is 1. The van der Waals surface area contributed by atoms with Crippen LogP contribution in [0.1, 0.15) is 21.2 Å². The molecule has 2 aromatic heterocycles. The summed E-state index contributed by atoms with van der Waals surface area (Å²) in [6.07, 6.45) is 1.37. The van der Waals surface area contributed by atoms with Gasteiger partial charge in [0.05, 0.1) is 19.3 Å². The van der Waals surface area contributed by atoms with E-state index in [1.54, 1.807) is 19.1 Å². The number of benzene rings is 1. The predicted octanol–water partition coefficient (Wildman–Crippen LogP) is 2.31. The van der Waals surface area contributed by atoms with Crippen molar-refractivity contribution in [2.24, 2.45) is 0 Å². The molecule has 0 unspecified atom stereocenters. The second-order valence-corrected chi connectivity index (χ2v) is 5.89. The fraction of sp³-hybridized carbons (Fsp3) is 0.200. The molecule has 9 heteroatoms. The Hall–Kier alpha value is -2.81. The highest BCUT2D eigenvalue weighted by Crippen LogP contribution is 2.31. The number of amides is 1. The molecule has 3 rings (SSSR count). The van der Waals surface area contributed by atoms with Gasteiger partial charge in [0.25, 0.3) is 5.91 Å². The van der Waals surface area contributed by atoms with Gasteiger partial charge in [-0.25, -0.2) is 14.4 Å². The summed E-state index contributed by atoms with van der Waals surface area (Å²) in [5.74, 6) is 0.236. The Morgan fingerprint density at radius 1 is 1.46 bits per heavy atom. The molecule has 3 aromatic rings. The topological polar surface area (TPSA) is 92.8 Å². The summed E-state index contributed by atoms with van der Waals surface area (Å²) in [7, 11) is 1.47. The average Bonchev–Trinajstić information content (AvgIpc) is 3.22. The molecular weight excluding hydrogens is 333 g/mol. The molecule has 0 bridgehead atoms. The number of hydrogen-bond donors (Lipinski definition) is 2. The first-order chi connectivity index (χ1) is 11.6. The van der Waals surface area contributed by atoms with Crippen molar-refractivity contribution < 1.29 is 13.9 Å². The lowest BCUT2D eigenvalue weighted by molar-refractivity contribution is 0.0953. The van der Waals surface area contributed by atoms with Crippen molar-refractivity contribution in [1.29, 1.82) is 0 Å². The van der Waals surface area contributed by atoms with Crippen molar-refractivity contribution in [2.45, 2.75) is 13.5 Å². The Morgan fingerprint density at radius 3 is 2.96 bits per heavy atom. The molecule has 2 heterocycles. The number of aromatic nitrogens is 4. The number of nitrogens with one attached hydrogen (secondary N) is 2. The number of carbonyl (C=O) groups excluding carboxylic acids is 1. The molecule has 2 N–H and O–H groups in total. The minimum absolute atomic E-state index is 0.225. The van der Waals surface area contributed by atoms with Crippen LogP contribution >= 0.6 is 11.3 Å². The van der Waals surface area contributed by atoms with Crippen LogP contribution in [0.2, 0.25) is 0 Å². The third kappa shape index (κ3) is 3.25. The lowest BCUT2D eigenvalue weighted by Gasteiger charge is -2.02. The summed E-state index contributed by atoms with van der Waals surface area (Å²) in [4.78, 5) is 20.9. The van der Waals surface area contributed by atoms with Crippen LogP contribution in [-0.4, -0.2) is 33.2 Å². The van der Waals surface area contributed by atoms with Gasteiger partial charge in [-0.1, -0.05) is 0 Å². The van der Waals surface area contributed by atoms with E-state index in [9.17, 15) is 9.18 Å². The molecule has 0 radical (unpaired) electrons. The minimum Gasteiger partial charge on any atom is -0.497 e. The first-order valence-corrected chi connectivity index (χ1v) is 7.84. The molecule has 0 aliphatic carbocycles. The standard InChI is InChI=1S/C15H14FN5O2S/c1-8-13(14(22)17-6-12-18-7-19-21-12)24-15(20-8)10-4-3-9(23-2)5-11(10)16/h3-5,7H,6H2,1-2H3,(H,17,22)(H,18,19,21). The normalized spacial score (nSPS) is 10.6. The Labute approximate surface area is 140 Å². The maximum Gasteiger partial charge on any atom is 0.263 e. The molecule has 0 fully saturated rings. The van der Waals surface area contributed by atoms with E-state index < -0.39 is 5.82 Å². The number of thiazole rings is 1. The van der Waals surface area contributed by atoms with Gasteiger partial charge in [-0.2, -0.15) is 5.10 Å². The molecule has 0 saturated heterocycles. The lowest BCUT2D eigenvalue weighted by atomic mass is 10.2. The zero-order chi connectivity index (χ0) is 17.1. The van der Waals surface area contributed by atoms with Gasteiger partial charge in [-0.3, -0.25) is 9.89 Å². The van der Waals surface area contributed by atoms with Gasteiger partial charge in [-0.15, -0.1) is 11.3 Å². The number of aryl methyl sites for hydroxylation is 1. The van der Waals surface area contributed by atoms with E-state index in [1.807, 2.05) is 0 Å². The second kappa shape index (κ2) is 6.75. The molecule has 0 aliphatic heterocycles. The van der Waals surface area contributed by atoms with Crippen molar-refractivity contribution in [3.8, 4) is 16.3 Å². The number of methoxy groups -OCH3 is 1. The monoisotopic (exact) mass is 347 g/mol. The molecule has 0 saturated carbocycles. The van der Waals surface area contributed by atoms with E-state index in [4.69, 9.17) is 4.74 Å². The van der Waals surface area contributed by atoms with Crippen LogP contribution in [0.25, 0.3) is 10.6 Å². The van der Waals surface area contributed by atoms with Gasteiger partial charge in [0.2, 0.25) is 0 Å². The number of rotatable bonds is 5. The Morgan fingerprint density at radius 2 is 2.29 bits per heavy atom. The quantitative estimate of drug-likeness (QED) is 0.739. The largest absolute Gasteiger partial charge is 0.497 e. The van der Waals surface area contributed by atoms with Crippen molar-refractivity contribution in [1.82, 2.24) is 25.5 Å². The van der Waals surface area contributed by atoms with Crippen LogP contribution in [0.15, 0.2) is 24.5 Å². The first-order valence-electron chi connectivity index (χ1n) is 7.02. The molecule has 1 aromatic carbocycles. The summed E-state index contributed by atoms with van der Waals surface area (Å²) in [6, 6.07) is 4.52. The maximum atomic E-state index is 14.2. The summed E-state index contributed by atoms with van der Waals surface area (Å²) in [5.41, 5.74) is 0.874. The molecule has 0 aliphatic rings. The zero-order valence-corrected chi connectivity index (χ0v) is 13.8. The number of H-pyrrole nitrogens is 1. The minimum atomic E-state index is -0.447. The van der Waals surface area contributed by atoms with Gasteiger partial charge in [0.1, 0.15) is 33.6 Å². The van der Waals surface area contributed by atoms with Crippen LogP contribution in [-0.2, 0) is 6.54 Å². The van der Waals surface area contributed by atoms with E-state index in [0.29, 0.717) is 32.7 Å². The molecule has 24 heavy (non-hydrogen) atoms. The van der Waals surface area contributed by atoms with Gasteiger partial charge in [0, 0.05) is 11.6 Å². The van der Waals surface area contributed by atoms with Crippen molar-refractivity contribution in [2.75, 3.05) is 7.11 Å². The highest BCUT2D eigenvalue weighted by atomic mass is 32.1. The molecule has 0 spiro atoms. The van der Waals surface area contributed by atoms with E-state index >= 15 is 0 Å². The summed E-state index contributed by atoms with van der Waals surface area (Å²) in [5, 5.41) is 9.53. The average molecular weight is 347 g/mol. The maximum absolute atomic E-state index is 14.2. The fourth-order valence-electron chi connectivity index (χ4n) is 2.08. The highest BCUT2D eigenvalue weighted by molar-refractivity contribution is 7.17. The Bertz CT molecular complexity index is 863. The number of aromatic amines is 1. The predicted molar refractivity (Wildman–Crippen MR) is 86.3 cm³/mol. The highest BCUT2D eigenvalue weighted by Gasteiger charge is 2.18. The van der Waals surface area contributed by atoms with Crippen LogP contribution in [0.5, 0.6) is 5.75 Å². The van der Waals surface area contributed by atoms with E-state index in [-0.39, 0.29) is 12.5 Å². The van der Waals surface area contributed by atoms with Crippen molar-refractivity contribution >= 4 is 17.2 Å². The molecular formula is C15H14FN5O2S. The molecule has 1 amide bonds. The number of carbonyl (C=O) groups is 1.